The van der Waals surface area contributed by atoms with Crippen molar-refractivity contribution in [2.75, 3.05) is 0 Å². The van der Waals surface area contributed by atoms with Crippen molar-refractivity contribution in [3.8, 4) is 16.9 Å². The summed E-state index contributed by atoms with van der Waals surface area (Å²) in [6.07, 6.45) is 4.42. The highest BCUT2D eigenvalue weighted by Gasteiger charge is 2.37. The zero-order valence-electron chi connectivity index (χ0n) is 17.6. The molecule has 6 rings (SSSR count). The molecule has 0 N–H and O–H groups in total. The van der Waals surface area contributed by atoms with E-state index < -0.39 is 5.60 Å². The van der Waals surface area contributed by atoms with Gasteiger partial charge < -0.3 is 4.74 Å². The van der Waals surface area contributed by atoms with E-state index in [4.69, 9.17) is 4.74 Å². The molecule has 0 saturated heterocycles. The van der Waals surface area contributed by atoms with Gasteiger partial charge in [-0.3, -0.25) is 0 Å². The maximum absolute atomic E-state index is 6.83. The van der Waals surface area contributed by atoms with Gasteiger partial charge in [-0.05, 0) is 46.2 Å². The van der Waals surface area contributed by atoms with E-state index in [0.29, 0.717) is 0 Å². The summed E-state index contributed by atoms with van der Waals surface area (Å²) in [5.74, 6) is 0.903. The number of hydrogen-bond acceptors (Lipinski definition) is 1. The fraction of sp³-hybridized carbons (Fsp3) is 0.0323. The lowest BCUT2D eigenvalue weighted by Crippen LogP contribution is -2.34. The second-order valence-corrected chi connectivity index (χ2v) is 8.18. The molecule has 0 spiro atoms. The summed E-state index contributed by atoms with van der Waals surface area (Å²) in [4.78, 5) is 0. The first-order chi connectivity index (χ1) is 15.8. The van der Waals surface area contributed by atoms with Gasteiger partial charge in [-0.2, -0.15) is 0 Å². The number of fused-ring (bicyclic) bond motifs is 3. The molecule has 0 atom stereocenters. The van der Waals surface area contributed by atoms with E-state index in [1.54, 1.807) is 0 Å². The van der Waals surface area contributed by atoms with Crippen molar-refractivity contribution in [2.24, 2.45) is 0 Å². The third kappa shape index (κ3) is 3.02. The number of ether oxygens (including phenoxy) is 1. The second-order valence-electron chi connectivity index (χ2n) is 8.18. The number of benzene rings is 5. The molecule has 0 radical (unpaired) electrons. The maximum atomic E-state index is 6.83. The van der Waals surface area contributed by atoms with Crippen LogP contribution in [0.25, 0.3) is 28.0 Å². The molecule has 152 valence electrons. The molecule has 0 unspecified atom stereocenters. The molecule has 0 aliphatic carbocycles. The van der Waals surface area contributed by atoms with Crippen molar-refractivity contribution in [3.05, 3.63) is 144 Å². The Bertz CT molecular complexity index is 1380. The van der Waals surface area contributed by atoms with Crippen molar-refractivity contribution in [2.45, 2.75) is 5.60 Å². The van der Waals surface area contributed by atoms with Gasteiger partial charge in [0.2, 0.25) is 0 Å². The minimum atomic E-state index is -0.646. The van der Waals surface area contributed by atoms with Crippen molar-refractivity contribution >= 4 is 16.8 Å². The van der Waals surface area contributed by atoms with Gasteiger partial charge in [-0.15, -0.1) is 0 Å². The average molecular weight is 411 g/mol. The summed E-state index contributed by atoms with van der Waals surface area (Å²) in [7, 11) is 0. The Labute approximate surface area is 188 Å². The van der Waals surface area contributed by atoms with E-state index in [-0.39, 0.29) is 0 Å². The molecule has 0 amide bonds. The smallest absolute Gasteiger partial charge is 0.178 e. The second kappa shape index (κ2) is 7.55. The lowest BCUT2D eigenvalue weighted by Gasteiger charge is -2.36. The average Bonchev–Trinajstić information content (AvgIpc) is 2.89. The Morgan fingerprint density at radius 2 is 1.16 bits per heavy atom. The van der Waals surface area contributed by atoms with Gasteiger partial charge >= 0.3 is 0 Å². The minimum absolute atomic E-state index is 0.646. The summed E-state index contributed by atoms with van der Waals surface area (Å²) < 4.78 is 6.83. The summed E-state index contributed by atoms with van der Waals surface area (Å²) in [5, 5.41) is 2.42. The Kier molecular flexibility index (Phi) is 4.40. The van der Waals surface area contributed by atoms with Gasteiger partial charge in [0, 0.05) is 16.7 Å². The number of rotatable bonds is 3. The first kappa shape index (κ1) is 18.7. The van der Waals surface area contributed by atoms with E-state index in [0.717, 1.165) is 22.4 Å². The van der Waals surface area contributed by atoms with Crippen LogP contribution in [-0.2, 0) is 5.60 Å². The van der Waals surface area contributed by atoms with Gasteiger partial charge in [0.15, 0.2) is 5.60 Å². The Morgan fingerprint density at radius 1 is 0.531 bits per heavy atom. The molecule has 1 aliphatic heterocycles. The van der Waals surface area contributed by atoms with E-state index >= 15 is 0 Å². The summed E-state index contributed by atoms with van der Waals surface area (Å²) in [5.41, 5.74) is 5.17. The molecule has 5 aromatic rings. The third-order valence-electron chi connectivity index (χ3n) is 6.29. The van der Waals surface area contributed by atoms with Crippen molar-refractivity contribution in [3.63, 3.8) is 0 Å². The molecule has 1 heteroatoms. The summed E-state index contributed by atoms with van der Waals surface area (Å²) in [6.45, 7) is 0. The largest absolute Gasteiger partial charge is 0.473 e. The Balaban J connectivity index is 1.49. The maximum Gasteiger partial charge on any atom is 0.178 e. The van der Waals surface area contributed by atoms with Crippen LogP contribution in [0, 0.1) is 0 Å². The molecule has 32 heavy (non-hydrogen) atoms. The summed E-state index contributed by atoms with van der Waals surface area (Å²) in [6, 6.07) is 42.3. The quantitative estimate of drug-likeness (QED) is 0.294. The van der Waals surface area contributed by atoms with Crippen LogP contribution >= 0.6 is 0 Å². The van der Waals surface area contributed by atoms with Crippen LogP contribution in [-0.4, -0.2) is 0 Å². The van der Waals surface area contributed by atoms with Crippen LogP contribution in [0.2, 0.25) is 0 Å². The molecule has 0 fully saturated rings. The van der Waals surface area contributed by atoms with Gasteiger partial charge in [0.05, 0.1) is 0 Å². The predicted octanol–water partition coefficient (Wildman–Crippen LogP) is 7.86. The molecule has 1 nitrogen and oxygen atoms in total. The molecule has 1 aliphatic rings. The van der Waals surface area contributed by atoms with Gasteiger partial charge in [-0.1, -0.05) is 109 Å². The molecule has 0 bridgehead atoms. The zero-order valence-corrected chi connectivity index (χ0v) is 17.6. The monoisotopic (exact) mass is 410 g/mol. The molecule has 5 aromatic carbocycles. The first-order valence-corrected chi connectivity index (χ1v) is 10.9. The Morgan fingerprint density at radius 3 is 1.81 bits per heavy atom. The fourth-order valence-electron chi connectivity index (χ4n) is 4.66. The van der Waals surface area contributed by atoms with Crippen LogP contribution in [0.15, 0.2) is 127 Å². The molecular weight excluding hydrogens is 388 g/mol. The van der Waals surface area contributed by atoms with E-state index in [1.807, 2.05) is 12.1 Å². The van der Waals surface area contributed by atoms with Crippen LogP contribution in [0.5, 0.6) is 5.75 Å². The minimum Gasteiger partial charge on any atom is -0.473 e. The SMILES string of the molecule is C1=CC(c2ccccc2)(c2ccccc2)Oc2ccc3cc(-c4ccccc4)ccc3c21. The lowest BCUT2D eigenvalue weighted by molar-refractivity contribution is 0.161. The van der Waals surface area contributed by atoms with E-state index in [1.165, 1.54) is 21.9 Å². The van der Waals surface area contributed by atoms with Crippen LogP contribution in [0.4, 0.5) is 0 Å². The third-order valence-corrected chi connectivity index (χ3v) is 6.29. The Hall–Kier alpha value is -4.10. The molecule has 0 aromatic heterocycles. The summed E-state index contributed by atoms with van der Waals surface area (Å²) >= 11 is 0. The molecule has 0 saturated carbocycles. The first-order valence-electron chi connectivity index (χ1n) is 10.9. The highest BCUT2D eigenvalue weighted by molar-refractivity contribution is 5.96. The van der Waals surface area contributed by atoms with Crippen LogP contribution < -0.4 is 4.74 Å². The fourth-order valence-corrected chi connectivity index (χ4v) is 4.66. The van der Waals surface area contributed by atoms with Crippen molar-refractivity contribution in [1.82, 2.24) is 0 Å². The highest BCUT2D eigenvalue weighted by Crippen LogP contribution is 2.44. The van der Waals surface area contributed by atoms with Gasteiger partial charge in [0.25, 0.3) is 0 Å². The van der Waals surface area contributed by atoms with Crippen LogP contribution in [0.3, 0.4) is 0 Å². The van der Waals surface area contributed by atoms with Gasteiger partial charge in [-0.25, -0.2) is 0 Å². The zero-order chi connectivity index (χ0) is 21.4. The van der Waals surface area contributed by atoms with E-state index in [9.17, 15) is 0 Å². The van der Waals surface area contributed by atoms with Gasteiger partial charge in [0.1, 0.15) is 5.75 Å². The van der Waals surface area contributed by atoms with Crippen molar-refractivity contribution < 1.29 is 4.74 Å². The molecular formula is C31H22O. The number of hydrogen-bond donors (Lipinski definition) is 0. The normalized spacial score (nSPS) is 14.0. The molecule has 1 heterocycles. The lowest BCUT2D eigenvalue weighted by atomic mass is 9.83. The highest BCUT2D eigenvalue weighted by atomic mass is 16.5. The standard InChI is InChI=1S/C31H22O/c1-4-10-23(11-5-1)24-16-18-28-25(22-24)17-19-30-29(28)20-21-31(32-30,26-12-6-2-7-13-26)27-14-8-3-9-15-27/h1-22H. The van der Waals surface area contributed by atoms with Crippen molar-refractivity contribution in [1.29, 1.82) is 0 Å². The topological polar surface area (TPSA) is 9.23 Å². The van der Waals surface area contributed by atoms with Crippen LogP contribution in [0.1, 0.15) is 16.7 Å². The van der Waals surface area contributed by atoms with E-state index in [2.05, 4.69) is 121 Å². The predicted molar refractivity (Wildman–Crippen MR) is 133 cm³/mol.